The van der Waals surface area contributed by atoms with Crippen LogP contribution in [0.1, 0.15) is 45.9 Å². The van der Waals surface area contributed by atoms with E-state index in [-0.39, 0.29) is 17.0 Å². The van der Waals surface area contributed by atoms with Gasteiger partial charge in [-0.05, 0) is 42.7 Å². The van der Waals surface area contributed by atoms with Gasteiger partial charge in [-0.15, -0.1) is 0 Å². The highest BCUT2D eigenvalue weighted by Gasteiger charge is 2.23. The van der Waals surface area contributed by atoms with Crippen LogP contribution in [0.25, 0.3) is 5.65 Å². The number of aryl methyl sites for hydroxylation is 2. The van der Waals surface area contributed by atoms with Crippen molar-refractivity contribution in [3.05, 3.63) is 59.0 Å². The Balaban J connectivity index is 1.54. The van der Waals surface area contributed by atoms with Gasteiger partial charge in [0.2, 0.25) is 0 Å². The minimum atomic E-state index is -1.17. The van der Waals surface area contributed by atoms with Crippen molar-refractivity contribution < 1.29 is 19.8 Å². The minimum Gasteiger partial charge on any atom is -0.507 e. The maximum Gasteiger partial charge on any atom is 0.322 e. The zero-order valence-corrected chi connectivity index (χ0v) is 15.1. The second-order valence-corrected chi connectivity index (χ2v) is 6.98. The lowest BCUT2D eigenvalue weighted by Crippen LogP contribution is -2.30. The van der Waals surface area contributed by atoms with Crippen LogP contribution in [0.15, 0.2) is 36.7 Å². The van der Waals surface area contributed by atoms with Crippen molar-refractivity contribution in [3.63, 3.8) is 0 Å². The number of carbonyl (C=O) groups is 2. The van der Waals surface area contributed by atoms with E-state index < -0.39 is 18.4 Å². The molecule has 8 nitrogen and oxygen atoms in total. The Kier molecular flexibility index (Phi) is 4.68. The molecule has 1 aromatic carbocycles. The summed E-state index contributed by atoms with van der Waals surface area (Å²) in [6, 6.07) is 10.1. The number of aromatic hydroxyl groups is 1. The summed E-state index contributed by atoms with van der Waals surface area (Å²) in [5, 5.41) is 25.5. The van der Waals surface area contributed by atoms with Crippen molar-refractivity contribution in [1.29, 1.82) is 0 Å². The predicted molar refractivity (Wildman–Crippen MR) is 100 cm³/mol. The molecule has 4 rings (SSSR count). The molecule has 1 saturated carbocycles. The molecule has 0 spiro atoms. The normalized spacial score (nSPS) is 13.6. The van der Waals surface area contributed by atoms with Crippen molar-refractivity contribution >= 4 is 17.5 Å². The van der Waals surface area contributed by atoms with Crippen LogP contribution in [0.3, 0.4) is 0 Å². The van der Waals surface area contributed by atoms with Gasteiger partial charge in [0.05, 0.1) is 0 Å². The monoisotopic (exact) mass is 380 g/mol. The summed E-state index contributed by atoms with van der Waals surface area (Å²) in [4.78, 5) is 27.0. The average molecular weight is 380 g/mol. The van der Waals surface area contributed by atoms with E-state index in [1.165, 1.54) is 40.9 Å². The number of carboxylic acids is 1. The third kappa shape index (κ3) is 3.66. The van der Waals surface area contributed by atoms with Crippen LogP contribution < -0.4 is 5.32 Å². The first-order valence-corrected chi connectivity index (χ1v) is 9.16. The molecule has 0 unspecified atom stereocenters. The van der Waals surface area contributed by atoms with Gasteiger partial charge in [-0.25, -0.2) is 9.50 Å². The van der Waals surface area contributed by atoms with Crippen LogP contribution in [0.5, 0.6) is 5.75 Å². The maximum atomic E-state index is 12.2. The molecule has 28 heavy (non-hydrogen) atoms. The molecule has 0 bridgehead atoms. The van der Waals surface area contributed by atoms with Gasteiger partial charge in [0.15, 0.2) is 5.65 Å². The second-order valence-electron chi connectivity index (χ2n) is 6.98. The third-order valence-corrected chi connectivity index (χ3v) is 4.93. The Hall–Kier alpha value is -3.42. The number of aliphatic carboxylic acids is 1. The predicted octanol–water partition coefficient (Wildman–Crippen LogP) is 1.91. The average Bonchev–Trinajstić information content (AvgIpc) is 3.42. The van der Waals surface area contributed by atoms with Crippen molar-refractivity contribution in [1.82, 2.24) is 19.9 Å². The van der Waals surface area contributed by atoms with Crippen molar-refractivity contribution in [3.8, 4) is 5.75 Å². The van der Waals surface area contributed by atoms with E-state index in [0.717, 1.165) is 12.3 Å². The van der Waals surface area contributed by atoms with Gasteiger partial charge in [0, 0.05) is 11.8 Å². The summed E-state index contributed by atoms with van der Waals surface area (Å²) in [7, 11) is 0. The number of pyridine rings is 1. The summed E-state index contributed by atoms with van der Waals surface area (Å²) in [6.45, 7) is -0.544. The van der Waals surface area contributed by atoms with E-state index in [1.54, 1.807) is 0 Å². The van der Waals surface area contributed by atoms with Crippen molar-refractivity contribution in [2.24, 2.45) is 0 Å². The molecule has 1 fully saturated rings. The lowest BCUT2D eigenvalue weighted by Gasteiger charge is -2.11. The number of hydrogen-bond donors (Lipinski definition) is 3. The van der Waals surface area contributed by atoms with E-state index in [9.17, 15) is 14.7 Å². The van der Waals surface area contributed by atoms with Gasteiger partial charge in [0.25, 0.3) is 5.91 Å². The van der Waals surface area contributed by atoms with Crippen molar-refractivity contribution in [2.75, 3.05) is 6.54 Å². The van der Waals surface area contributed by atoms with Gasteiger partial charge >= 0.3 is 5.97 Å². The standard InChI is InChI=1S/C20H20N4O4/c25-16-9-15(8-3-12-1-4-13(5-2-12)14-6-7-14)24-19(22-11-23-24)18(16)20(28)21-10-17(26)27/h1-2,4-5,9,11,14,25H,3,6-8,10H2,(H,21,28)(H,26,27). The molecule has 3 N–H and O–H groups in total. The summed E-state index contributed by atoms with van der Waals surface area (Å²) < 4.78 is 1.51. The molecule has 2 aromatic heterocycles. The summed E-state index contributed by atoms with van der Waals surface area (Å²) in [5.74, 6) is -1.40. The Morgan fingerprint density at radius 3 is 2.61 bits per heavy atom. The number of amides is 1. The number of aromatic nitrogens is 3. The SMILES string of the molecule is O=C(O)CNC(=O)c1c(O)cc(CCc2ccc(C3CC3)cc2)n2ncnc12. The molecule has 0 atom stereocenters. The lowest BCUT2D eigenvalue weighted by molar-refractivity contribution is -0.135. The Morgan fingerprint density at radius 1 is 1.18 bits per heavy atom. The first-order chi connectivity index (χ1) is 13.5. The number of benzene rings is 1. The summed E-state index contributed by atoms with van der Waals surface area (Å²) in [6.07, 6.45) is 5.21. The number of fused-ring (bicyclic) bond motifs is 1. The van der Waals surface area contributed by atoms with Crippen LogP contribution in [-0.4, -0.2) is 43.2 Å². The van der Waals surface area contributed by atoms with E-state index in [1.807, 2.05) is 0 Å². The number of hydrogen-bond acceptors (Lipinski definition) is 5. The minimum absolute atomic E-state index is 0.0868. The number of carbonyl (C=O) groups excluding carboxylic acids is 1. The van der Waals surface area contributed by atoms with E-state index in [0.29, 0.717) is 12.1 Å². The smallest absolute Gasteiger partial charge is 0.322 e. The molecule has 1 aliphatic carbocycles. The molecule has 8 heteroatoms. The fraction of sp³-hybridized carbons (Fsp3) is 0.300. The summed E-state index contributed by atoms with van der Waals surface area (Å²) >= 11 is 0. The second kappa shape index (κ2) is 7.30. The molecular weight excluding hydrogens is 360 g/mol. The third-order valence-electron chi connectivity index (χ3n) is 4.93. The van der Waals surface area contributed by atoms with Gasteiger partial charge in [-0.2, -0.15) is 5.10 Å². The summed E-state index contributed by atoms with van der Waals surface area (Å²) in [5.41, 5.74) is 3.39. The molecular formula is C20H20N4O4. The molecule has 0 radical (unpaired) electrons. The Bertz CT molecular complexity index is 1040. The van der Waals surface area contributed by atoms with Crippen LogP contribution in [0, 0.1) is 0 Å². The molecule has 0 aliphatic heterocycles. The molecule has 0 saturated heterocycles. The molecule has 1 aliphatic rings. The van der Waals surface area contributed by atoms with Crippen LogP contribution in [0.4, 0.5) is 0 Å². The zero-order chi connectivity index (χ0) is 19.7. The van der Waals surface area contributed by atoms with Gasteiger partial charge in [-0.1, -0.05) is 24.3 Å². The van der Waals surface area contributed by atoms with Crippen LogP contribution >= 0.6 is 0 Å². The molecule has 1 amide bonds. The topological polar surface area (TPSA) is 117 Å². The highest BCUT2D eigenvalue weighted by atomic mass is 16.4. The van der Waals surface area contributed by atoms with Gasteiger partial charge < -0.3 is 15.5 Å². The first kappa shape index (κ1) is 18.0. The Labute approximate surface area is 160 Å². The van der Waals surface area contributed by atoms with Crippen molar-refractivity contribution in [2.45, 2.75) is 31.6 Å². The first-order valence-electron chi connectivity index (χ1n) is 9.16. The maximum absolute atomic E-state index is 12.2. The number of nitrogens with zero attached hydrogens (tertiary/aromatic N) is 3. The fourth-order valence-electron chi connectivity index (χ4n) is 3.31. The number of rotatable bonds is 7. The zero-order valence-electron chi connectivity index (χ0n) is 15.1. The quantitative estimate of drug-likeness (QED) is 0.576. The van der Waals surface area contributed by atoms with Crippen LogP contribution in [-0.2, 0) is 17.6 Å². The molecule has 3 aromatic rings. The van der Waals surface area contributed by atoms with Gasteiger partial charge in [-0.3, -0.25) is 9.59 Å². The van der Waals surface area contributed by atoms with Gasteiger partial charge in [0.1, 0.15) is 24.2 Å². The molecule has 144 valence electrons. The van der Waals surface area contributed by atoms with E-state index >= 15 is 0 Å². The molecule has 2 heterocycles. The van der Waals surface area contributed by atoms with Crippen LogP contribution in [0.2, 0.25) is 0 Å². The largest absolute Gasteiger partial charge is 0.507 e. The highest BCUT2D eigenvalue weighted by molar-refractivity contribution is 6.03. The van der Waals surface area contributed by atoms with E-state index in [2.05, 4.69) is 39.7 Å². The Morgan fingerprint density at radius 2 is 1.93 bits per heavy atom. The highest BCUT2D eigenvalue weighted by Crippen LogP contribution is 2.39. The fourth-order valence-corrected chi connectivity index (χ4v) is 3.31. The number of nitrogens with one attached hydrogen (secondary N) is 1. The number of carboxylic acid groups (broad SMARTS) is 1. The van der Waals surface area contributed by atoms with E-state index in [4.69, 9.17) is 5.11 Å². The lowest BCUT2D eigenvalue weighted by atomic mass is 10.0.